The Kier molecular flexibility index (Phi) is 6.98. The first-order chi connectivity index (χ1) is 12.3. The van der Waals surface area contributed by atoms with Crippen LogP contribution < -0.4 is 9.62 Å². The number of anilines is 1. The molecule has 0 saturated carbocycles. The Balaban J connectivity index is 2.14. The summed E-state index contributed by atoms with van der Waals surface area (Å²) in [4.78, 5) is 26.1. The van der Waals surface area contributed by atoms with Crippen LogP contribution in [0, 0.1) is 0 Å². The standard InChI is InChI=1S/C17H25N3O5S/c1-3-8-18-16(21)13-20(26(2,23)24)15-6-4-14(5-7-15)17(22)19-9-11-25-12-10-19/h4-7H,3,8-13H2,1-2H3,(H,18,21). The van der Waals surface area contributed by atoms with Gasteiger partial charge in [-0.05, 0) is 30.7 Å². The van der Waals surface area contributed by atoms with Crippen molar-refractivity contribution in [3.63, 3.8) is 0 Å². The first kappa shape index (κ1) is 20.2. The second-order valence-corrected chi connectivity index (χ2v) is 7.98. The lowest BCUT2D eigenvalue weighted by Crippen LogP contribution is -2.41. The van der Waals surface area contributed by atoms with Crippen LogP contribution in [-0.2, 0) is 19.6 Å². The van der Waals surface area contributed by atoms with Crippen LogP contribution in [0.15, 0.2) is 24.3 Å². The van der Waals surface area contributed by atoms with E-state index in [1.807, 2.05) is 6.92 Å². The van der Waals surface area contributed by atoms with Crippen LogP contribution in [0.1, 0.15) is 23.7 Å². The molecule has 144 valence electrons. The predicted molar refractivity (Wildman–Crippen MR) is 98.7 cm³/mol. The summed E-state index contributed by atoms with van der Waals surface area (Å²) >= 11 is 0. The van der Waals surface area contributed by atoms with Gasteiger partial charge in [0.25, 0.3) is 5.91 Å². The Bertz CT molecular complexity index is 727. The number of amides is 2. The molecule has 2 rings (SSSR count). The molecule has 0 unspecified atom stereocenters. The second kappa shape index (κ2) is 9.00. The average molecular weight is 383 g/mol. The van der Waals surface area contributed by atoms with E-state index in [0.29, 0.717) is 44.1 Å². The third-order valence-electron chi connectivity index (χ3n) is 3.96. The second-order valence-electron chi connectivity index (χ2n) is 6.07. The summed E-state index contributed by atoms with van der Waals surface area (Å²) in [5, 5.41) is 2.66. The smallest absolute Gasteiger partial charge is 0.254 e. The number of ether oxygens (including phenoxy) is 1. The largest absolute Gasteiger partial charge is 0.378 e. The van der Waals surface area contributed by atoms with Gasteiger partial charge in [0.2, 0.25) is 15.9 Å². The number of hydrogen-bond donors (Lipinski definition) is 1. The molecule has 1 aromatic carbocycles. The van der Waals surface area contributed by atoms with Gasteiger partial charge in [-0.1, -0.05) is 6.92 Å². The van der Waals surface area contributed by atoms with Gasteiger partial charge < -0.3 is 15.0 Å². The lowest BCUT2D eigenvalue weighted by atomic mass is 10.1. The SMILES string of the molecule is CCCNC(=O)CN(c1ccc(C(=O)N2CCOCC2)cc1)S(C)(=O)=O. The van der Waals surface area contributed by atoms with E-state index in [4.69, 9.17) is 4.74 Å². The summed E-state index contributed by atoms with van der Waals surface area (Å²) < 4.78 is 30.4. The van der Waals surface area contributed by atoms with Gasteiger partial charge >= 0.3 is 0 Å². The Morgan fingerprint density at radius 1 is 1.19 bits per heavy atom. The molecule has 1 saturated heterocycles. The van der Waals surface area contributed by atoms with Crippen molar-refractivity contribution in [2.24, 2.45) is 0 Å². The Morgan fingerprint density at radius 3 is 2.35 bits per heavy atom. The number of carbonyl (C=O) groups excluding carboxylic acids is 2. The van der Waals surface area contributed by atoms with Crippen molar-refractivity contribution in [1.29, 1.82) is 0 Å². The highest BCUT2D eigenvalue weighted by Gasteiger charge is 2.22. The van der Waals surface area contributed by atoms with E-state index in [-0.39, 0.29) is 18.4 Å². The summed E-state index contributed by atoms with van der Waals surface area (Å²) in [6.07, 6.45) is 1.82. The molecule has 1 N–H and O–H groups in total. The maximum Gasteiger partial charge on any atom is 0.254 e. The van der Waals surface area contributed by atoms with Crippen molar-refractivity contribution in [1.82, 2.24) is 10.2 Å². The van der Waals surface area contributed by atoms with Gasteiger partial charge in [-0.15, -0.1) is 0 Å². The van der Waals surface area contributed by atoms with Crippen molar-refractivity contribution >= 4 is 27.5 Å². The normalized spacial score (nSPS) is 14.8. The molecule has 0 radical (unpaired) electrons. The van der Waals surface area contributed by atoms with E-state index < -0.39 is 10.0 Å². The molecule has 1 fully saturated rings. The van der Waals surface area contributed by atoms with Crippen molar-refractivity contribution in [2.75, 3.05) is 50.0 Å². The van der Waals surface area contributed by atoms with Gasteiger partial charge in [0.15, 0.2) is 0 Å². The number of hydrogen-bond acceptors (Lipinski definition) is 5. The molecular weight excluding hydrogens is 358 g/mol. The Labute approximate surface area is 154 Å². The molecule has 0 aliphatic carbocycles. The zero-order valence-corrected chi connectivity index (χ0v) is 15.9. The zero-order chi connectivity index (χ0) is 19.2. The van der Waals surface area contributed by atoms with E-state index in [0.717, 1.165) is 17.0 Å². The maximum atomic E-state index is 12.4. The van der Waals surface area contributed by atoms with Gasteiger partial charge in [-0.3, -0.25) is 13.9 Å². The van der Waals surface area contributed by atoms with Crippen molar-refractivity contribution in [3.8, 4) is 0 Å². The molecule has 1 aliphatic heterocycles. The molecule has 1 aliphatic rings. The van der Waals surface area contributed by atoms with Gasteiger partial charge in [-0.2, -0.15) is 0 Å². The zero-order valence-electron chi connectivity index (χ0n) is 15.1. The molecule has 2 amide bonds. The lowest BCUT2D eigenvalue weighted by molar-refractivity contribution is -0.119. The van der Waals surface area contributed by atoms with Crippen LogP contribution in [0.5, 0.6) is 0 Å². The average Bonchev–Trinajstić information content (AvgIpc) is 2.64. The lowest BCUT2D eigenvalue weighted by Gasteiger charge is -2.27. The topological polar surface area (TPSA) is 96.0 Å². The minimum Gasteiger partial charge on any atom is -0.378 e. The molecule has 26 heavy (non-hydrogen) atoms. The van der Waals surface area contributed by atoms with Gasteiger partial charge in [0.05, 0.1) is 25.2 Å². The van der Waals surface area contributed by atoms with Crippen LogP contribution in [0.3, 0.4) is 0 Å². The predicted octanol–water partition coefficient (Wildman–Crippen LogP) is 0.451. The summed E-state index contributed by atoms with van der Waals surface area (Å²) in [6.45, 7) is 4.20. The maximum absolute atomic E-state index is 12.4. The number of sulfonamides is 1. The highest BCUT2D eigenvalue weighted by atomic mass is 32.2. The summed E-state index contributed by atoms with van der Waals surface area (Å²) in [6, 6.07) is 6.24. The third-order valence-corrected chi connectivity index (χ3v) is 5.10. The summed E-state index contributed by atoms with van der Waals surface area (Å²) in [5.74, 6) is -0.489. The molecule has 8 nitrogen and oxygen atoms in total. The van der Waals surface area contributed by atoms with Crippen LogP contribution in [0.4, 0.5) is 5.69 Å². The number of benzene rings is 1. The van der Waals surface area contributed by atoms with Crippen LogP contribution in [0.2, 0.25) is 0 Å². The highest BCUT2D eigenvalue weighted by molar-refractivity contribution is 7.92. The first-order valence-electron chi connectivity index (χ1n) is 8.54. The molecule has 0 bridgehead atoms. The van der Waals surface area contributed by atoms with Crippen LogP contribution in [0.25, 0.3) is 0 Å². The first-order valence-corrected chi connectivity index (χ1v) is 10.4. The fourth-order valence-corrected chi connectivity index (χ4v) is 3.43. The number of rotatable bonds is 7. The molecule has 9 heteroatoms. The quantitative estimate of drug-likeness (QED) is 0.738. The van der Waals surface area contributed by atoms with E-state index >= 15 is 0 Å². The number of nitrogens with one attached hydrogen (secondary N) is 1. The van der Waals surface area contributed by atoms with Crippen LogP contribution >= 0.6 is 0 Å². The molecule has 1 heterocycles. The molecule has 0 spiro atoms. The van der Waals surface area contributed by atoms with Crippen molar-refractivity contribution in [2.45, 2.75) is 13.3 Å². The van der Waals surface area contributed by atoms with Crippen molar-refractivity contribution < 1.29 is 22.7 Å². The van der Waals surface area contributed by atoms with Crippen LogP contribution in [-0.4, -0.2) is 70.8 Å². The fourth-order valence-electron chi connectivity index (χ4n) is 2.57. The Hall–Kier alpha value is -2.13. The van der Waals surface area contributed by atoms with E-state index in [1.54, 1.807) is 29.2 Å². The monoisotopic (exact) mass is 383 g/mol. The fraction of sp³-hybridized carbons (Fsp3) is 0.529. The van der Waals surface area contributed by atoms with Gasteiger partial charge in [0.1, 0.15) is 6.54 Å². The van der Waals surface area contributed by atoms with E-state index in [1.165, 1.54) is 0 Å². The molecule has 0 atom stereocenters. The Morgan fingerprint density at radius 2 is 1.81 bits per heavy atom. The summed E-state index contributed by atoms with van der Waals surface area (Å²) in [7, 11) is -3.63. The highest BCUT2D eigenvalue weighted by Crippen LogP contribution is 2.19. The van der Waals surface area contributed by atoms with Gasteiger partial charge in [-0.25, -0.2) is 8.42 Å². The summed E-state index contributed by atoms with van der Waals surface area (Å²) in [5.41, 5.74) is 0.817. The van der Waals surface area contributed by atoms with Crippen molar-refractivity contribution in [3.05, 3.63) is 29.8 Å². The molecule has 0 aromatic heterocycles. The number of morpholine rings is 1. The molecular formula is C17H25N3O5S. The number of carbonyl (C=O) groups is 2. The molecule has 1 aromatic rings. The minimum atomic E-state index is -3.63. The third kappa shape index (κ3) is 5.43. The van der Waals surface area contributed by atoms with Gasteiger partial charge in [0, 0.05) is 25.2 Å². The number of nitrogens with zero attached hydrogens (tertiary/aromatic N) is 2. The van der Waals surface area contributed by atoms with E-state index in [2.05, 4.69) is 5.32 Å². The van der Waals surface area contributed by atoms with E-state index in [9.17, 15) is 18.0 Å². The minimum absolute atomic E-state index is 0.119.